The predicted molar refractivity (Wildman–Crippen MR) is 44.9 cm³/mol. The summed E-state index contributed by atoms with van der Waals surface area (Å²) in [6.45, 7) is 1.73. The van der Waals surface area contributed by atoms with E-state index >= 15 is 0 Å². The number of benzene rings is 1. The standard InChI is InChI=1S/C8H10N2O/c1-6(10-11)7-2-4-8(9)5-3-7/h2-5,11H,9H2,1H3. The SMILES string of the molecule is CC(=NO)c1ccc(N)cc1. The summed E-state index contributed by atoms with van der Waals surface area (Å²) in [4.78, 5) is 0. The third-order valence-electron chi connectivity index (χ3n) is 1.48. The summed E-state index contributed by atoms with van der Waals surface area (Å²) in [5, 5.41) is 11.5. The average molecular weight is 150 g/mol. The van der Waals surface area contributed by atoms with E-state index in [-0.39, 0.29) is 0 Å². The Morgan fingerprint density at radius 3 is 2.36 bits per heavy atom. The molecular weight excluding hydrogens is 140 g/mol. The van der Waals surface area contributed by atoms with Gasteiger partial charge in [0, 0.05) is 5.69 Å². The first-order valence-electron chi connectivity index (χ1n) is 3.28. The predicted octanol–water partition coefficient (Wildman–Crippen LogP) is 1.47. The zero-order valence-electron chi connectivity index (χ0n) is 6.28. The van der Waals surface area contributed by atoms with Crippen molar-refractivity contribution in [3.05, 3.63) is 29.8 Å². The van der Waals surface area contributed by atoms with Crippen LogP contribution in [-0.4, -0.2) is 10.9 Å². The lowest BCUT2D eigenvalue weighted by molar-refractivity contribution is 0.319. The van der Waals surface area contributed by atoms with Crippen LogP contribution in [-0.2, 0) is 0 Å². The fourth-order valence-corrected chi connectivity index (χ4v) is 0.782. The van der Waals surface area contributed by atoms with Crippen LogP contribution in [0.25, 0.3) is 0 Å². The summed E-state index contributed by atoms with van der Waals surface area (Å²) in [7, 11) is 0. The van der Waals surface area contributed by atoms with E-state index in [0.717, 1.165) is 5.56 Å². The van der Waals surface area contributed by atoms with Gasteiger partial charge in [0.15, 0.2) is 0 Å². The second-order valence-corrected chi connectivity index (χ2v) is 2.31. The van der Waals surface area contributed by atoms with Gasteiger partial charge in [-0.05, 0) is 24.6 Å². The molecule has 0 unspecified atom stereocenters. The second-order valence-electron chi connectivity index (χ2n) is 2.31. The summed E-state index contributed by atoms with van der Waals surface area (Å²) >= 11 is 0. The molecule has 1 aromatic rings. The highest BCUT2D eigenvalue weighted by Gasteiger charge is 1.95. The van der Waals surface area contributed by atoms with Gasteiger partial charge in [-0.1, -0.05) is 17.3 Å². The van der Waals surface area contributed by atoms with Crippen LogP contribution in [0.1, 0.15) is 12.5 Å². The molecule has 0 aliphatic heterocycles. The quantitative estimate of drug-likeness (QED) is 0.275. The van der Waals surface area contributed by atoms with E-state index < -0.39 is 0 Å². The van der Waals surface area contributed by atoms with Crippen molar-refractivity contribution in [2.75, 3.05) is 5.73 Å². The first-order chi connectivity index (χ1) is 5.24. The second kappa shape index (κ2) is 3.05. The summed E-state index contributed by atoms with van der Waals surface area (Å²) in [5.41, 5.74) is 7.64. The van der Waals surface area contributed by atoms with E-state index in [0.29, 0.717) is 11.4 Å². The summed E-state index contributed by atoms with van der Waals surface area (Å²) in [5.74, 6) is 0. The Balaban J connectivity index is 2.99. The van der Waals surface area contributed by atoms with E-state index in [9.17, 15) is 0 Å². The Kier molecular flexibility index (Phi) is 2.11. The third kappa shape index (κ3) is 1.70. The fourth-order valence-electron chi connectivity index (χ4n) is 0.782. The smallest absolute Gasteiger partial charge is 0.0836 e. The number of nitrogens with two attached hydrogens (primary N) is 1. The van der Waals surface area contributed by atoms with E-state index in [1.165, 1.54) is 0 Å². The molecule has 58 valence electrons. The van der Waals surface area contributed by atoms with Crippen molar-refractivity contribution >= 4 is 11.4 Å². The number of anilines is 1. The van der Waals surface area contributed by atoms with Gasteiger partial charge in [-0.3, -0.25) is 0 Å². The van der Waals surface area contributed by atoms with Crippen LogP contribution >= 0.6 is 0 Å². The lowest BCUT2D eigenvalue weighted by Crippen LogP contribution is -1.94. The maximum absolute atomic E-state index is 8.41. The maximum atomic E-state index is 8.41. The summed E-state index contributed by atoms with van der Waals surface area (Å²) in [6, 6.07) is 7.16. The van der Waals surface area contributed by atoms with Crippen molar-refractivity contribution in [3.63, 3.8) is 0 Å². The van der Waals surface area contributed by atoms with Crippen LogP contribution in [0.3, 0.4) is 0 Å². The normalized spacial score (nSPS) is 11.5. The number of nitrogen functional groups attached to an aromatic ring is 1. The van der Waals surface area contributed by atoms with Gasteiger partial charge in [-0.25, -0.2) is 0 Å². The van der Waals surface area contributed by atoms with Crippen molar-refractivity contribution in [2.24, 2.45) is 5.16 Å². The molecule has 0 heterocycles. The lowest BCUT2D eigenvalue weighted by Gasteiger charge is -1.97. The molecule has 0 aromatic heterocycles. The molecule has 0 saturated carbocycles. The van der Waals surface area contributed by atoms with Crippen LogP contribution in [0.5, 0.6) is 0 Å². The molecule has 3 nitrogen and oxygen atoms in total. The monoisotopic (exact) mass is 150 g/mol. The minimum atomic E-state index is 0.588. The molecular formula is C8H10N2O. The molecule has 0 atom stereocenters. The summed E-state index contributed by atoms with van der Waals surface area (Å²) < 4.78 is 0. The fraction of sp³-hybridized carbons (Fsp3) is 0.125. The highest BCUT2D eigenvalue weighted by molar-refractivity contribution is 5.98. The molecule has 3 heteroatoms. The minimum absolute atomic E-state index is 0.588. The molecule has 0 amide bonds. The maximum Gasteiger partial charge on any atom is 0.0836 e. The van der Waals surface area contributed by atoms with Gasteiger partial charge in [0.1, 0.15) is 0 Å². The number of hydrogen-bond acceptors (Lipinski definition) is 3. The van der Waals surface area contributed by atoms with Crippen molar-refractivity contribution in [2.45, 2.75) is 6.92 Å². The van der Waals surface area contributed by atoms with E-state index in [1.54, 1.807) is 19.1 Å². The molecule has 0 bridgehead atoms. The van der Waals surface area contributed by atoms with Crippen LogP contribution in [0.15, 0.2) is 29.4 Å². The van der Waals surface area contributed by atoms with Gasteiger partial charge in [0.2, 0.25) is 0 Å². The van der Waals surface area contributed by atoms with Crippen LogP contribution in [0, 0.1) is 0 Å². The van der Waals surface area contributed by atoms with E-state index in [4.69, 9.17) is 10.9 Å². The van der Waals surface area contributed by atoms with Gasteiger partial charge >= 0.3 is 0 Å². The Morgan fingerprint density at radius 1 is 1.36 bits per heavy atom. The highest BCUT2D eigenvalue weighted by Crippen LogP contribution is 2.05. The zero-order valence-corrected chi connectivity index (χ0v) is 6.28. The molecule has 1 rings (SSSR count). The van der Waals surface area contributed by atoms with Crippen molar-refractivity contribution in [3.8, 4) is 0 Å². The van der Waals surface area contributed by atoms with Crippen LogP contribution in [0.4, 0.5) is 5.69 Å². The highest BCUT2D eigenvalue weighted by atomic mass is 16.4. The number of oxime groups is 1. The van der Waals surface area contributed by atoms with E-state index in [1.807, 2.05) is 12.1 Å². The van der Waals surface area contributed by atoms with Gasteiger partial charge < -0.3 is 10.9 Å². The molecule has 0 aliphatic rings. The molecule has 0 radical (unpaired) electrons. The molecule has 1 aromatic carbocycles. The largest absolute Gasteiger partial charge is 0.411 e. The molecule has 11 heavy (non-hydrogen) atoms. The first-order valence-corrected chi connectivity index (χ1v) is 3.28. The van der Waals surface area contributed by atoms with Gasteiger partial charge in [0.05, 0.1) is 5.71 Å². The molecule has 0 saturated heterocycles. The zero-order chi connectivity index (χ0) is 8.27. The van der Waals surface area contributed by atoms with Gasteiger partial charge in [0.25, 0.3) is 0 Å². The Labute approximate surface area is 65.1 Å². The lowest BCUT2D eigenvalue weighted by atomic mass is 10.1. The topological polar surface area (TPSA) is 58.6 Å². The number of nitrogens with zero attached hydrogens (tertiary/aromatic N) is 1. The Morgan fingerprint density at radius 2 is 1.91 bits per heavy atom. The van der Waals surface area contributed by atoms with Crippen molar-refractivity contribution < 1.29 is 5.21 Å². The molecule has 0 aliphatic carbocycles. The van der Waals surface area contributed by atoms with Crippen molar-refractivity contribution in [1.29, 1.82) is 0 Å². The average Bonchev–Trinajstić information content (AvgIpc) is 2.05. The first kappa shape index (κ1) is 7.60. The van der Waals surface area contributed by atoms with E-state index in [2.05, 4.69) is 5.16 Å². The molecule has 0 fully saturated rings. The van der Waals surface area contributed by atoms with Crippen molar-refractivity contribution in [1.82, 2.24) is 0 Å². The van der Waals surface area contributed by atoms with Gasteiger partial charge in [-0.2, -0.15) is 0 Å². The number of rotatable bonds is 1. The Bertz CT molecular complexity index is 264. The van der Waals surface area contributed by atoms with Crippen LogP contribution in [0.2, 0.25) is 0 Å². The number of hydrogen-bond donors (Lipinski definition) is 2. The Hall–Kier alpha value is -1.51. The van der Waals surface area contributed by atoms with Crippen LogP contribution < -0.4 is 5.73 Å². The molecule has 0 spiro atoms. The molecule has 3 N–H and O–H groups in total. The summed E-state index contributed by atoms with van der Waals surface area (Å²) in [6.07, 6.45) is 0. The third-order valence-corrected chi connectivity index (χ3v) is 1.48. The minimum Gasteiger partial charge on any atom is -0.411 e. The van der Waals surface area contributed by atoms with Gasteiger partial charge in [-0.15, -0.1) is 0 Å².